The van der Waals surface area contributed by atoms with Crippen molar-refractivity contribution in [3.63, 3.8) is 0 Å². The number of nitrogens with zero attached hydrogens (tertiary/aromatic N) is 1. The molecule has 0 saturated heterocycles. The number of fused-ring (bicyclic) bond motifs is 1. The number of aromatic nitrogens is 1. The van der Waals surface area contributed by atoms with E-state index in [4.69, 9.17) is 0 Å². The first-order valence-corrected chi connectivity index (χ1v) is 7.38. The van der Waals surface area contributed by atoms with E-state index in [1.54, 1.807) is 0 Å². The lowest BCUT2D eigenvalue weighted by Gasteiger charge is -2.17. The molecule has 3 heteroatoms. The summed E-state index contributed by atoms with van der Waals surface area (Å²) in [5, 5.41) is 4.06. The fraction of sp³-hybridized carbons (Fsp3) is 0.471. The summed E-state index contributed by atoms with van der Waals surface area (Å²) in [7, 11) is 0. The molecule has 20 heavy (non-hydrogen) atoms. The second-order valence-corrected chi connectivity index (χ2v) is 5.82. The van der Waals surface area contributed by atoms with Crippen LogP contribution in [0.25, 0.3) is 10.9 Å². The average Bonchev–Trinajstić information content (AvgIpc) is 2.77. The standard InChI is InChI=1S/C17H24N2O/c1-6-18-17(20)14-8-7-13-9-15(11(2)3)19(12(4)5)16(13)10-14/h7-12H,6H2,1-5H3,(H,18,20). The van der Waals surface area contributed by atoms with Crippen molar-refractivity contribution in [1.29, 1.82) is 0 Å². The predicted octanol–water partition coefficient (Wildman–Crippen LogP) is 4.10. The number of nitrogens with one attached hydrogen (secondary N) is 1. The van der Waals surface area contributed by atoms with Crippen molar-refractivity contribution in [2.45, 2.75) is 46.6 Å². The summed E-state index contributed by atoms with van der Waals surface area (Å²) < 4.78 is 2.34. The highest BCUT2D eigenvalue weighted by atomic mass is 16.1. The fourth-order valence-electron chi connectivity index (χ4n) is 2.67. The zero-order valence-corrected chi connectivity index (χ0v) is 13.0. The summed E-state index contributed by atoms with van der Waals surface area (Å²) in [6.07, 6.45) is 0. The van der Waals surface area contributed by atoms with Gasteiger partial charge in [0.2, 0.25) is 0 Å². The van der Waals surface area contributed by atoms with Gasteiger partial charge in [-0.25, -0.2) is 0 Å². The summed E-state index contributed by atoms with van der Waals surface area (Å²) in [5.74, 6) is 0.467. The van der Waals surface area contributed by atoms with Crippen molar-refractivity contribution in [3.8, 4) is 0 Å². The van der Waals surface area contributed by atoms with Crippen molar-refractivity contribution in [2.24, 2.45) is 0 Å². The molecular formula is C17H24N2O. The first kappa shape index (κ1) is 14.6. The van der Waals surface area contributed by atoms with Crippen molar-refractivity contribution in [3.05, 3.63) is 35.5 Å². The Hall–Kier alpha value is -1.77. The van der Waals surface area contributed by atoms with Crippen LogP contribution >= 0.6 is 0 Å². The minimum absolute atomic E-state index is 0.00277. The van der Waals surface area contributed by atoms with Crippen LogP contribution < -0.4 is 5.32 Å². The molecule has 0 aliphatic heterocycles. The zero-order chi connectivity index (χ0) is 14.9. The molecule has 1 heterocycles. The van der Waals surface area contributed by atoms with Gasteiger partial charge in [-0.1, -0.05) is 19.9 Å². The molecular weight excluding hydrogens is 248 g/mol. The minimum Gasteiger partial charge on any atom is -0.352 e. The molecule has 0 aliphatic carbocycles. The normalized spacial score (nSPS) is 11.6. The number of amides is 1. The molecule has 0 bridgehead atoms. The van der Waals surface area contributed by atoms with Gasteiger partial charge in [-0.05, 0) is 50.3 Å². The number of carbonyl (C=O) groups is 1. The van der Waals surface area contributed by atoms with Gasteiger partial charge in [0.15, 0.2) is 0 Å². The van der Waals surface area contributed by atoms with Crippen LogP contribution in [0.5, 0.6) is 0 Å². The molecule has 1 N–H and O–H groups in total. The topological polar surface area (TPSA) is 34.0 Å². The molecule has 0 aliphatic rings. The maximum atomic E-state index is 12.0. The summed E-state index contributed by atoms with van der Waals surface area (Å²) >= 11 is 0. The quantitative estimate of drug-likeness (QED) is 0.893. The second-order valence-electron chi connectivity index (χ2n) is 5.82. The molecule has 108 valence electrons. The molecule has 0 radical (unpaired) electrons. The van der Waals surface area contributed by atoms with Crippen LogP contribution in [-0.4, -0.2) is 17.0 Å². The highest BCUT2D eigenvalue weighted by molar-refractivity contribution is 5.98. The van der Waals surface area contributed by atoms with E-state index in [0.717, 1.165) is 11.1 Å². The summed E-state index contributed by atoms with van der Waals surface area (Å²) in [4.78, 5) is 12.0. The van der Waals surface area contributed by atoms with Gasteiger partial charge in [0.25, 0.3) is 5.91 Å². The van der Waals surface area contributed by atoms with Crippen LogP contribution in [0.15, 0.2) is 24.3 Å². The molecule has 0 atom stereocenters. The monoisotopic (exact) mass is 272 g/mol. The molecule has 2 rings (SSSR count). The van der Waals surface area contributed by atoms with Crippen LogP contribution in [0.3, 0.4) is 0 Å². The Morgan fingerprint density at radius 3 is 2.45 bits per heavy atom. The van der Waals surface area contributed by atoms with Gasteiger partial charge in [0.1, 0.15) is 0 Å². The van der Waals surface area contributed by atoms with Crippen molar-refractivity contribution in [1.82, 2.24) is 9.88 Å². The third kappa shape index (κ3) is 2.58. The van der Waals surface area contributed by atoms with Crippen molar-refractivity contribution < 1.29 is 4.79 Å². The molecule has 2 aromatic rings. The van der Waals surface area contributed by atoms with Crippen LogP contribution in [0.2, 0.25) is 0 Å². The van der Waals surface area contributed by atoms with Gasteiger partial charge in [-0.2, -0.15) is 0 Å². The zero-order valence-electron chi connectivity index (χ0n) is 13.0. The summed E-state index contributed by atoms with van der Waals surface area (Å²) in [5.41, 5.74) is 3.20. The van der Waals surface area contributed by atoms with Gasteiger partial charge < -0.3 is 9.88 Å². The van der Waals surface area contributed by atoms with E-state index in [9.17, 15) is 4.79 Å². The van der Waals surface area contributed by atoms with E-state index in [1.807, 2.05) is 25.1 Å². The van der Waals surface area contributed by atoms with Crippen LogP contribution in [0, 0.1) is 0 Å². The first-order valence-electron chi connectivity index (χ1n) is 7.38. The van der Waals surface area contributed by atoms with E-state index in [-0.39, 0.29) is 5.91 Å². The Bertz CT molecular complexity index is 623. The maximum absolute atomic E-state index is 12.0. The Morgan fingerprint density at radius 2 is 1.90 bits per heavy atom. The lowest BCUT2D eigenvalue weighted by atomic mass is 10.1. The molecule has 3 nitrogen and oxygen atoms in total. The number of hydrogen-bond donors (Lipinski definition) is 1. The summed E-state index contributed by atoms with van der Waals surface area (Å²) in [6, 6.07) is 8.58. The fourth-order valence-corrected chi connectivity index (χ4v) is 2.67. The minimum atomic E-state index is -0.00277. The van der Waals surface area contributed by atoms with Crippen LogP contribution in [-0.2, 0) is 0 Å². The average molecular weight is 272 g/mol. The SMILES string of the molecule is CCNC(=O)c1ccc2cc(C(C)C)n(C(C)C)c2c1. The van der Waals surface area contributed by atoms with Crippen molar-refractivity contribution in [2.75, 3.05) is 6.54 Å². The molecule has 0 fully saturated rings. The van der Waals surface area contributed by atoms with E-state index in [1.165, 1.54) is 11.1 Å². The Balaban J connectivity index is 2.61. The van der Waals surface area contributed by atoms with E-state index in [2.05, 4.69) is 43.6 Å². The van der Waals surface area contributed by atoms with E-state index < -0.39 is 0 Å². The second kappa shape index (κ2) is 5.70. The van der Waals surface area contributed by atoms with Crippen LogP contribution in [0.4, 0.5) is 0 Å². The molecule has 1 amide bonds. The largest absolute Gasteiger partial charge is 0.352 e. The highest BCUT2D eigenvalue weighted by Gasteiger charge is 2.15. The number of carbonyl (C=O) groups excluding carboxylic acids is 1. The molecule has 1 aromatic heterocycles. The van der Waals surface area contributed by atoms with Gasteiger partial charge >= 0.3 is 0 Å². The van der Waals surface area contributed by atoms with Crippen LogP contribution in [0.1, 0.15) is 62.6 Å². The third-order valence-electron chi connectivity index (χ3n) is 3.58. The van der Waals surface area contributed by atoms with Gasteiger partial charge in [-0.3, -0.25) is 4.79 Å². The lowest BCUT2D eigenvalue weighted by Crippen LogP contribution is -2.22. The van der Waals surface area contributed by atoms with E-state index >= 15 is 0 Å². The third-order valence-corrected chi connectivity index (χ3v) is 3.58. The molecule has 1 aromatic carbocycles. The molecule has 0 saturated carbocycles. The molecule has 0 spiro atoms. The smallest absolute Gasteiger partial charge is 0.251 e. The summed E-state index contributed by atoms with van der Waals surface area (Å²) in [6.45, 7) is 11.4. The number of hydrogen-bond acceptors (Lipinski definition) is 1. The Morgan fingerprint density at radius 1 is 1.20 bits per heavy atom. The van der Waals surface area contributed by atoms with Gasteiger partial charge in [0.05, 0.1) is 0 Å². The Kier molecular flexibility index (Phi) is 4.17. The van der Waals surface area contributed by atoms with Gasteiger partial charge in [-0.15, -0.1) is 0 Å². The van der Waals surface area contributed by atoms with Gasteiger partial charge in [0, 0.05) is 29.4 Å². The highest BCUT2D eigenvalue weighted by Crippen LogP contribution is 2.29. The first-order chi connectivity index (χ1) is 9.45. The molecule has 0 unspecified atom stereocenters. The predicted molar refractivity (Wildman–Crippen MR) is 84.4 cm³/mol. The number of benzene rings is 1. The number of rotatable bonds is 4. The lowest BCUT2D eigenvalue weighted by molar-refractivity contribution is 0.0956. The Labute approximate surface area is 121 Å². The maximum Gasteiger partial charge on any atom is 0.251 e. The van der Waals surface area contributed by atoms with Crippen molar-refractivity contribution >= 4 is 16.8 Å². The van der Waals surface area contributed by atoms with E-state index in [0.29, 0.717) is 18.5 Å².